The van der Waals surface area contributed by atoms with Crippen molar-refractivity contribution in [3.05, 3.63) is 9.81 Å². The highest BCUT2D eigenvalue weighted by Crippen LogP contribution is 2.42. The van der Waals surface area contributed by atoms with E-state index in [0.717, 1.165) is 90.4 Å². The zero-order valence-corrected chi connectivity index (χ0v) is 27.9. The predicted octanol–water partition coefficient (Wildman–Crippen LogP) is 5.84. The summed E-state index contributed by atoms with van der Waals surface area (Å²) >= 11 is 13.4. The molecule has 0 atom stereocenters. The van der Waals surface area contributed by atoms with E-state index < -0.39 is 0 Å². The Morgan fingerprint density at radius 2 is 0.905 bits per heavy atom. The van der Waals surface area contributed by atoms with Gasteiger partial charge >= 0.3 is 0 Å². The maximum absolute atomic E-state index is 13.2. The molecule has 4 aliphatic rings. The summed E-state index contributed by atoms with van der Waals surface area (Å²) < 4.78 is 0.935. The Kier molecular flexibility index (Phi) is 13.6. The third kappa shape index (κ3) is 9.25. The molecule has 4 heterocycles. The molecule has 4 rings (SSSR count). The molecule has 4 saturated heterocycles. The number of carbonyl (C=O) groups is 4. The van der Waals surface area contributed by atoms with Crippen LogP contribution < -0.4 is 0 Å². The second-order valence-electron chi connectivity index (χ2n) is 11.5. The van der Waals surface area contributed by atoms with E-state index in [2.05, 4.69) is 0 Å². The molecule has 0 aromatic carbocycles. The van der Waals surface area contributed by atoms with Gasteiger partial charge in [0.25, 0.3) is 11.8 Å². The Morgan fingerprint density at radius 1 is 0.548 bits per heavy atom. The van der Waals surface area contributed by atoms with Gasteiger partial charge in [0.05, 0.1) is 9.81 Å². The van der Waals surface area contributed by atoms with Crippen molar-refractivity contribution >= 4 is 80.2 Å². The maximum Gasteiger partial charge on any atom is 0.267 e. The molecule has 0 aliphatic carbocycles. The molecular formula is C30H44N4O4S4. The van der Waals surface area contributed by atoms with Crippen molar-refractivity contribution in [3.8, 4) is 0 Å². The van der Waals surface area contributed by atoms with E-state index in [4.69, 9.17) is 24.4 Å². The summed E-state index contributed by atoms with van der Waals surface area (Å²) in [4.78, 5) is 59.4. The predicted molar refractivity (Wildman–Crippen MR) is 178 cm³/mol. The lowest BCUT2D eigenvalue weighted by atomic mass is 10.1. The second kappa shape index (κ2) is 17.1. The summed E-state index contributed by atoms with van der Waals surface area (Å²) in [6.07, 6.45) is 15.1. The molecule has 0 aromatic heterocycles. The zero-order chi connectivity index (χ0) is 29.9. The Balaban J connectivity index is 1.17. The molecule has 0 unspecified atom stereocenters. The zero-order valence-electron chi connectivity index (χ0n) is 24.6. The van der Waals surface area contributed by atoms with Crippen LogP contribution >= 0.6 is 48.0 Å². The minimum Gasteiger partial charge on any atom is -0.343 e. The number of hydrogen-bond donors (Lipinski definition) is 0. The minimum atomic E-state index is -0.224. The smallest absolute Gasteiger partial charge is 0.267 e. The van der Waals surface area contributed by atoms with Crippen molar-refractivity contribution < 1.29 is 19.2 Å². The summed E-state index contributed by atoms with van der Waals surface area (Å²) in [7, 11) is 0. The minimum absolute atomic E-state index is 0.224. The summed E-state index contributed by atoms with van der Waals surface area (Å²) in [5.74, 6) is 0.0352. The standard InChI is InChI=1S/C30H44N4O4S4/c35-23(31-17-9-1-2-10-18-31)15-7-5-13-21-33-27(37)25(41-29(33)39)26-28(38)34(30(40)42-26)22-14-6-8-16-24(36)32-19-11-3-4-12-20-32/h1-22H2/b26-25+. The van der Waals surface area contributed by atoms with Crippen LogP contribution in [-0.2, 0) is 19.2 Å². The Bertz CT molecular complexity index is 984. The van der Waals surface area contributed by atoms with E-state index in [1.165, 1.54) is 49.2 Å². The van der Waals surface area contributed by atoms with Crippen LogP contribution in [0.4, 0.5) is 0 Å². The van der Waals surface area contributed by atoms with Crippen LogP contribution in [0.3, 0.4) is 0 Å². The lowest BCUT2D eigenvalue weighted by molar-refractivity contribution is -0.132. The number of unbranched alkanes of at least 4 members (excludes halogenated alkanes) is 4. The lowest BCUT2D eigenvalue weighted by Crippen LogP contribution is -2.32. The summed E-state index contributed by atoms with van der Waals surface area (Å²) in [6, 6.07) is 0. The molecular weight excluding hydrogens is 609 g/mol. The number of likely N-dealkylation sites (tertiary alicyclic amines) is 2. The Hall–Kier alpha value is -1.50. The van der Waals surface area contributed by atoms with Gasteiger partial charge in [0.1, 0.15) is 8.64 Å². The number of thiocarbonyl (C=S) groups is 2. The fraction of sp³-hybridized carbons (Fsp3) is 0.733. The van der Waals surface area contributed by atoms with Crippen molar-refractivity contribution in [1.82, 2.24) is 19.6 Å². The van der Waals surface area contributed by atoms with Crippen LogP contribution in [0.2, 0.25) is 0 Å². The fourth-order valence-corrected chi connectivity index (χ4v) is 8.63. The highest BCUT2D eigenvalue weighted by atomic mass is 32.2. The monoisotopic (exact) mass is 652 g/mol. The van der Waals surface area contributed by atoms with Crippen molar-refractivity contribution in [2.24, 2.45) is 0 Å². The van der Waals surface area contributed by atoms with Gasteiger partial charge in [-0.05, 0) is 51.4 Å². The Morgan fingerprint density at radius 3 is 1.26 bits per heavy atom. The molecule has 0 bridgehead atoms. The highest BCUT2D eigenvalue weighted by Gasteiger charge is 2.41. The molecule has 12 heteroatoms. The van der Waals surface area contributed by atoms with Gasteiger partial charge in [-0.25, -0.2) is 0 Å². The third-order valence-electron chi connectivity index (χ3n) is 8.37. The molecule has 4 fully saturated rings. The molecule has 4 amide bonds. The van der Waals surface area contributed by atoms with Gasteiger partial charge in [-0.3, -0.25) is 29.0 Å². The van der Waals surface area contributed by atoms with Crippen LogP contribution in [0.5, 0.6) is 0 Å². The molecule has 8 nitrogen and oxygen atoms in total. The van der Waals surface area contributed by atoms with Crippen LogP contribution in [0.1, 0.15) is 103 Å². The van der Waals surface area contributed by atoms with E-state index in [-0.39, 0.29) is 23.6 Å². The lowest BCUT2D eigenvalue weighted by Gasteiger charge is -2.20. The van der Waals surface area contributed by atoms with Crippen molar-refractivity contribution in [2.75, 3.05) is 39.3 Å². The van der Waals surface area contributed by atoms with E-state index >= 15 is 0 Å². The number of nitrogens with zero attached hydrogens (tertiary/aromatic N) is 4. The highest BCUT2D eigenvalue weighted by molar-refractivity contribution is 8.29. The van der Waals surface area contributed by atoms with Gasteiger partial charge in [-0.2, -0.15) is 0 Å². The second-order valence-corrected chi connectivity index (χ2v) is 14.8. The number of hydrogen-bond acceptors (Lipinski definition) is 8. The largest absolute Gasteiger partial charge is 0.343 e. The van der Waals surface area contributed by atoms with Gasteiger partial charge in [-0.1, -0.05) is 86.5 Å². The summed E-state index contributed by atoms with van der Waals surface area (Å²) in [6.45, 7) is 4.48. The van der Waals surface area contributed by atoms with E-state index in [1.54, 1.807) is 9.80 Å². The molecule has 0 N–H and O–H groups in total. The fourth-order valence-electron chi connectivity index (χ4n) is 5.86. The van der Waals surface area contributed by atoms with Crippen LogP contribution in [0.15, 0.2) is 9.81 Å². The first-order valence-electron chi connectivity index (χ1n) is 15.7. The first kappa shape index (κ1) is 33.4. The number of rotatable bonds is 12. The van der Waals surface area contributed by atoms with Crippen molar-refractivity contribution in [1.29, 1.82) is 0 Å². The van der Waals surface area contributed by atoms with Gasteiger partial charge < -0.3 is 9.80 Å². The topological polar surface area (TPSA) is 81.2 Å². The number of amides is 4. The first-order valence-corrected chi connectivity index (χ1v) is 18.2. The molecule has 0 aromatic rings. The average molecular weight is 653 g/mol. The van der Waals surface area contributed by atoms with Crippen molar-refractivity contribution in [3.63, 3.8) is 0 Å². The van der Waals surface area contributed by atoms with Gasteiger partial charge in [-0.15, -0.1) is 0 Å². The maximum atomic E-state index is 13.2. The van der Waals surface area contributed by atoms with E-state index in [1.807, 2.05) is 9.80 Å². The van der Waals surface area contributed by atoms with Gasteiger partial charge in [0, 0.05) is 52.1 Å². The summed E-state index contributed by atoms with van der Waals surface area (Å²) in [5, 5.41) is 0. The molecule has 0 radical (unpaired) electrons. The van der Waals surface area contributed by atoms with E-state index in [9.17, 15) is 19.2 Å². The average Bonchev–Trinajstić information content (AvgIpc) is 3.25. The van der Waals surface area contributed by atoms with Crippen LogP contribution in [0.25, 0.3) is 0 Å². The van der Waals surface area contributed by atoms with Crippen molar-refractivity contribution in [2.45, 2.75) is 103 Å². The third-order valence-corrected chi connectivity index (χ3v) is 11.4. The summed E-state index contributed by atoms with van der Waals surface area (Å²) in [5.41, 5.74) is 0. The molecule has 4 aliphatic heterocycles. The molecule has 0 spiro atoms. The molecule has 0 saturated carbocycles. The molecule has 42 heavy (non-hydrogen) atoms. The number of thioether (sulfide) groups is 2. The van der Waals surface area contributed by atoms with Gasteiger partial charge in [0.15, 0.2) is 0 Å². The molecule has 232 valence electrons. The van der Waals surface area contributed by atoms with Crippen LogP contribution in [-0.4, -0.2) is 91.1 Å². The van der Waals surface area contributed by atoms with E-state index in [0.29, 0.717) is 44.4 Å². The Labute approximate surface area is 269 Å². The SMILES string of the molecule is O=C(CCCCCN1C(=O)/C(=C2\SC(=S)N(CCCCCC(=O)N3CCCCCC3)C2=O)SC1=S)N1CCCCCC1. The quantitative estimate of drug-likeness (QED) is 0.148. The first-order chi connectivity index (χ1) is 20.4. The van der Waals surface area contributed by atoms with Crippen LogP contribution in [0, 0.1) is 0 Å². The normalized spacial score (nSPS) is 22.3. The number of carbonyl (C=O) groups excluding carboxylic acids is 4. The van der Waals surface area contributed by atoms with Gasteiger partial charge in [0.2, 0.25) is 11.8 Å².